The summed E-state index contributed by atoms with van der Waals surface area (Å²) in [6.07, 6.45) is 0.435. The van der Waals surface area contributed by atoms with Crippen LogP contribution in [0.1, 0.15) is 16.5 Å². The zero-order valence-corrected chi connectivity index (χ0v) is 14.7. The molecule has 1 heterocycles. The van der Waals surface area contributed by atoms with Crippen LogP contribution in [0.4, 0.5) is 13.2 Å². The highest BCUT2D eigenvalue weighted by Gasteiger charge is 2.35. The van der Waals surface area contributed by atoms with Crippen LogP contribution in [0.15, 0.2) is 30.3 Å². The maximum Gasteiger partial charge on any atom is 0.233 e. The van der Waals surface area contributed by atoms with E-state index in [0.29, 0.717) is 12.2 Å². The number of hydrogen-bond acceptors (Lipinski definition) is 4. The summed E-state index contributed by atoms with van der Waals surface area (Å²) in [5.41, 5.74) is 0.761. The Bertz CT molecular complexity index is 847. The number of carbonyl (C=O) groups excluding carboxylic acids is 1. The molecule has 2 aromatic carbocycles. The van der Waals surface area contributed by atoms with Gasteiger partial charge in [-0.15, -0.1) is 11.8 Å². The van der Waals surface area contributed by atoms with Gasteiger partial charge in [0.1, 0.15) is 5.37 Å². The van der Waals surface area contributed by atoms with Gasteiger partial charge in [0.25, 0.3) is 0 Å². The number of benzene rings is 2. The number of rotatable bonds is 5. The molecule has 1 fully saturated rings. The number of carbonyl (C=O) groups is 1. The van der Waals surface area contributed by atoms with Gasteiger partial charge in [0.05, 0.1) is 12.9 Å². The first-order chi connectivity index (χ1) is 12.4. The largest absolute Gasteiger partial charge is 0.504 e. The van der Waals surface area contributed by atoms with Crippen LogP contribution in [-0.2, 0) is 11.2 Å². The molecule has 1 aliphatic rings. The Morgan fingerprint density at radius 3 is 2.73 bits per heavy atom. The molecule has 1 amide bonds. The molecule has 1 atom stereocenters. The summed E-state index contributed by atoms with van der Waals surface area (Å²) in [5, 5.41) is 8.91. The Morgan fingerprint density at radius 1 is 1.23 bits per heavy atom. The van der Waals surface area contributed by atoms with Crippen molar-refractivity contribution in [3.8, 4) is 11.5 Å². The third-order valence-corrected chi connectivity index (χ3v) is 5.42. The van der Waals surface area contributed by atoms with Crippen molar-refractivity contribution >= 4 is 17.7 Å². The quantitative estimate of drug-likeness (QED) is 0.801. The van der Waals surface area contributed by atoms with E-state index in [9.17, 15) is 23.1 Å². The Kier molecular flexibility index (Phi) is 5.31. The van der Waals surface area contributed by atoms with Gasteiger partial charge in [0, 0.05) is 12.1 Å². The zero-order valence-electron chi connectivity index (χ0n) is 13.8. The first kappa shape index (κ1) is 18.4. The number of hydrogen-bond donors (Lipinski definition) is 1. The molecular weight excluding hydrogens is 367 g/mol. The molecule has 4 nitrogen and oxygen atoms in total. The normalized spacial score (nSPS) is 17.0. The van der Waals surface area contributed by atoms with E-state index in [2.05, 4.69) is 0 Å². The number of amides is 1. The number of phenolic OH excluding ortho intramolecular Hbond substituents is 1. The van der Waals surface area contributed by atoms with Crippen molar-refractivity contribution < 1.29 is 27.8 Å². The van der Waals surface area contributed by atoms with Crippen molar-refractivity contribution in [2.24, 2.45) is 0 Å². The summed E-state index contributed by atoms with van der Waals surface area (Å²) in [7, 11) is 1.43. The Morgan fingerprint density at radius 2 is 2.00 bits per heavy atom. The van der Waals surface area contributed by atoms with E-state index in [-0.39, 0.29) is 29.5 Å². The standard InChI is InChI=1S/C18H16F3NO3S/c1-25-14-8-10(2-5-13(14)23)6-7-22-15(24)9-26-18(22)11-3-4-12(19)17(21)16(11)20/h2-5,8,18,23H,6-7,9H2,1H3. The Hall–Kier alpha value is -2.35. The summed E-state index contributed by atoms with van der Waals surface area (Å²) in [6, 6.07) is 6.86. The van der Waals surface area contributed by atoms with Crippen LogP contribution in [0, 0.1) is 17.5 Å². The average Bonchev–Trinajstić information content (AvgIpc) is 2.99. The molecule has 26 heavy (non-hydrogen) atoms. The number of methoxy groups -OCH3 is 1. The number of phenols is 1. The predicted octanol–water partition coefficient (Wildman–Crippen LogP) is 3.63. The average molecular weight is 383 g/mol. The molecule has 1 N–H and O–H groups in total. The molecule has 1 saturated heterocycles. The van der Waals surface area contributed by atoms with E-state index >= 15 is 0 Å². The molecule has 0 radical (unpaired) electrons. The van der Waals surface area contributed by atoms with Crippen LogP contribution in [0.5, 0.6) is 11.5 Å². The second-order valence-electron chi connectivity index (χ2n) is 5.77. The molecule has 0 spiro atoms. The van der Waals surface area contributed by atoms with Crippen LogP contribution < -0.4 is 4.74 Å². The minimum Gasteiger partial charge on any atom is -0.504 e. The van der Waals surface area contributed by atoms with Gasteiger partial charge in [-0.3, -0.25) is 4.79 Å². The molecule has 2 aromatic rings. The van der Waals surface area contributed by atoms with Gasteiger partial charge < -0.3 is 14.7 Å². The third kappa shape index (κ3) is 3.46. The van der Waals surface area contributed by atoms with Crippen molar-refractivity contribution in [1.29, 1.82) is 0 Å². The zero-order chi connectivity index (χ0) is 18.8. The lowest BCUT2D eigenvalue weighted by molar-refractivity contribution is -0.128. The van der Waals surface area contributed by atoms with Crippen molar-refractivity contribution in [3.05, 3.63) is 58.9 Å². The minimum atomic E-state index is -1.54. The number of aromatic hydroxyl groups is 1. The van der Waals surface area contributed by atoms with Crippen LogP contribution >= 0.6 is 11.8 Å². The van der Waals surface area contributed by atoms with E-state index in [1.807, 2.05) is 0 Å². The maximum atomic E-state index is 14.1. The number of ether oxygens (including phenoxy) is 1. The topological polar surface area (TPSA) is 49.8 Å². The Labute approximate surface area is 152 Å². The highest BCUT2D eigenvalue weighted by atomic mass is 32.2. The minimum absolute atomic E-state index is 0.00536. The maximum absolute atomic E-state index is 14.1. The molecule has 0 saturated carbocycles. The lowest BCUT2D eigenvalue weighted by atomic mass is 10.1. The molecule has 1 unspecified atom stereocenters. The van der Waals surface area contributed by atoms with E-state index in [1.165, 1.54) is 35.9 Å². The number of nitrogens with zero attached hydrogens (tertiary/aromatic N) is 1. The molecule has 138 valence electrons. The van der Waals surface area contributed by atoms with Gasteiger partial charge in [0.2, 0.25) is 5.91 Å². The number of halogens is 3. The van der Waals surface area contributed by atoms with Crippen molar-refractivity contribution in [1.82, 2.24) is 4.90 Å². The SMILES string of the molecule is COc1cc(CCN2C(=O)CSC2c2ccc(F)c(F)c2F)ccc1O. The van der Waals surface area contributed by atoms with E-state index in [4.69, 9.17) is 4.74 Å². The molecule has 8 heteroatoms. The van der Waals surface area contributed by atoms with Crippen LogP contribution in [-0.4, -0.2) is 35.3 Å². The highest BCUT2D eigenvalue weighted by molar-refractivity contribution is 8.00. The summed E-state index contributed by atoms with van der Waals surface area (Å²) < 4.78 is 45.9. The van der Waals surface area contributed by atoms with Crippen LogP contribution in [0.3, 0.4) is 0 Å². The monoisotopic (exact) mass is 383 g/mol. The van der Waals surface area contributed by atoms with Gasteiger partial charge in [-0.25, -0.2) is 13.2 Å². The fraction of sp³-hybridized carbons (Fsp3) is 0.278. The van der Waals surface area contributed by atoms with Crippen molar-refractivity contribution in [3.63, 3.8) is 0 Å². The number of thioether (sulfide) groups is 1. The summed E-state index contributed by atoms with van der Waals surface area (Å²) in [6.45, 7) is 0.267. The fourth-order valence-electron chi connectivity index (χ4n) is 2.81. The van der Waals surface area contributed by atoms with E-state index < -0.39 is 22.8 Å². The van der Waals surface area contributed by atoms with Crippen LogP contribution in [0.2, 0.25) is 0 Å². The van der Waals surface area contributed by atoms with Gasteiger partial charge in [0.15, 0.2) is 29.0 Å². The highest BCUT2D eigenvalue weighted by Crippen LogP contribution is 2.40. The lowest BCUT2D eigenvalue weighted by Crippen LogP contribution is -2.30. The Balaban J connectivity index is 1.80. The van der Waals surface area contributed by atoms with Crippen molar-refractivity contribution in [2.75, 3.05) is 19.4 Å². The lowest BCUT2D eigenvalue weighted by Gasteiger charge is -2.25. The second kappa shape index (κ2) is 7.49. The molecular formula is C18H16F3NO3S. The van der Waals surface area contributed by atoms with Gasteiger partial charge in [-0.1, -0.05) is 12.1 Å². The van der Waals surface area contributed by atoms with Gasteiger partial charge in [-0.2, -0.15) is 0 Å². The van der Waals surface area contributed by atoms with E-state index in [0.717, 1.165) is 11.6 Å². The first-order valence-corrected chi connectivity index (χ1v) is 8.87. The fourth-order valence-corrected chi connectivity index (χ4v) is 4.04. The van der Waals surface area contributed by atoms with Crippen LogP contribution in [0.25, 0.3) is 0 Å². The van der Waals surface area contributed by atoms with Gasteiger partial charge >= 0.3 is 0 Å². The molecule has 0 bridgehead atoms. The first-order valence-electron chi connectivity index (χ1n) is 7.82. The molecule has 1 aliphatic heterocycles. The smallest absolute Gasteiger partial charge is 0.233 e. The predicted molar refractivity (Wildman–Crippen MR) is 91.6 cm³/mol. The van der Waals surface area contributed by atoms with Gasteiger partial charge in [-0.05, 0) is 30.2 Å². The van der Waals surface area contributed by atoms with Crippen molar-refractivity contribution in [2.45, 2.75) is 11.8 Å². The third-order valence-electron chi connectivity index (χ3n) is 4.18. The summed E-state index contributed by atoms with van der Waals surface area (Å²) in [5.74, 6) is -3.81. The molecule has 3 rings (SSSR count). The van der Waals surface area contributed by atoms with E-state index in [1.54, 1.807) is 12.1 Å². The summed E-state index contributed by atoms with van der Waals surface area (Å²) >= 11 is 1.17. The summed E-state index contributed by atoms with van der Waals surface area (Å²) in [4.78, 5) is 13.6. The molecule has 0 aliphatic carbocycles. The molecule has 0 aromatic heterocycles. The second-order valence-corrected chi connectivity index (χ2v) is 6.84.